The molecule has 0 saturated carbocycles. The average Bonchev–Trinajstić information content (AvgIpc) is 3.20. The summed E-state index contributed by atoms with van der Waals surface area (Å²) < 4.78 is 29.0. The molecule has 0 unspecified atom stereocenters. The molecule has 154 valence electrons. The van der Waals surface area contributed by atoms with E-state index in [0.29, 0.717) is 12.1 Å². The van der Waals surface area contributed by atoms with E-state index in [-0.39, 0.29) is 15.8 Å². The van der Waals surface area contributed by atoms with Gasteiger partial charge in [0.2, 0.25) is 10.0 Å². The molecule has 4 rings (SSSR count). The maximum absolute atomic E-state index is 13.2. The Hall–Kier alpha value is -3.08. The second-order valence-corrected chi connectivity index (χ2v) is 9.32. The molecule has 0 aliphatic heterocycles. The van der Waals surface area contributed by atoms with Gasteiger partial charge in [0.1, 0.15) is 0 Å². The van der Waals surface area contributed by atoms with E-state index in [9.17, 15) is 18.0 Å². The lowest BCUT2D eigenvalue weighted by atomic mass is 10.0. The van der Waals surface area contributed by atoms with Gasteiger partial charge in [-0.2, -0.15) is 11.3 Å². The van der Waals surface area contributed by atoms with Crippen LogP contribution in [0.3, 0.4) is 0 Å². The zero-order chi connectivity index (χ0) is 21.3. The van der Waals surface area contributed by atoms with Crippen molar-refractivity contribution in [3.8, 4) is 0 Å². The van der Waals surface area contributed by atoms with Gasteiger partial charge >= 0.3 is 5.69 Å². The number of fused-ring (bicyclic) bond motifs is 1. The predicted octanol–water partition coefficient (Wildman–Crippen LogP) is 2.24. The zero-order valence-electron chi connectivity index (χ0n) is 15.9. The van der Waals surface area contributed by atoms with Crippen molar-refractivity contribution in [3.05, 3.63) is 91.0 Å². The van der Waals surface area contributed by atoms with Crippen molar-refractivity contribution in [3.63, 3.8) is 0 Å². The van der Waals surface area contributed by atoms with E-state index in [1.54, 1.807) is 12.3 Å². The Morgan fingerprint density at radius 2 is 2.00 bits per heavy atom. The second-order valence-electron chi connectivity index (χ2n) is 6.83. The standard InChI is InChI=1S/C20H18N4O4S2/c1-12-3-2-7-21-18(12)17(9-13-6-8-29-11-13)24-30(27,28)14-4-5-16-15(10-14)19(25)23-20(26)22-16/h2-8,10-11,17,24H,9H2,1H3,(H2,22,23,25,26)/t17-/m1/s1. The minimum absolute atomic E-state index is 0.0727. The molecule has 3 heterocycles. The molecule has 8 nitrogen and oxygen atoms in total. The number of sulfonamides is 1. The fraction of sp³-hybridized carbons (Fsp3) is 0.150. The molecule has 1 atom stereocenters. The Morgan fingerprint density at radius 3 is 2.73 bits per heavy atom. The molecule has 0 amide bonds. The summed E-state index contributed by atoms with van der Waals surface area (Å²) in [5.41, 5.74) is 1.45. The number of thiophene rings is 1. The summed E-state index contributed by atoms with van der Waals surface area (Å²) in [7, 11) is -3.98. The molecular weight excluding hydrogens is 424 g/mol. The molecule has 1 aromatic carbocycles. The molecule has 0 bridgehead atoms. The van der Waals surface area contributed by atoms with Crippen LogP contribution in [0, 0.1) is 6.92 Å². The molecule has 0 radical (unpaired) electrons. The van der Waals surface area contributed by atoms with Gasteiger partial charge in [0, 0.05) is 6.20 Å². The van der Waals surface area contributed by atoms with Crippen LogP contribution in [0.4, 0.5) is 0 Å². The minimum atomic E-state index is -3.98. The van der Waals surface area contributed by atoms with Gasteiger partial charge in [0.25, 0.3) is 5.56 Å². The second kappa shape index (κ2) is 7.98. The molecule has 0 aliphatic rings. The van der Waals surface area contributed by atoms with Gasteiger partial charge in [-0.3, -0.25) is 14.8 Å². The Kier molecular flexibility index (Phi) is 5.37. The van der Waals surface area contributed by atoms with Crippen LogP contribution in [-0.2, 0) is 16.4 Å². The fourth-order valence-electron chi connectivity index (χ4n) is 3.27. The van der Waals surface area contributed by atoms with Crippen molar-refractivity contribution in [1.82, 2.24) is 19.7 Å². The summed E-state index contributed by atoms with van der Waals surface area (Å²) in [5.74, 6) is 0. The first-order chi connectivity index (χ1) is 14.3. The average molecular weight is 443 g/mol. The van der Waals surface area contributed by atoms with Crippen molar-refractivity contribution in [2.75, 3.05) is 0 Å². The summed E-state index contributed by atoms with van der Waals surface area (Å²) in [5, 5.41) is 3.98. The number of benzene rings is 1. The highest BCUT2D eigenvalue weighted by atomic mass is 32.2. The number of nitrogens with one attached hydrogen (secondary N) is 3. The van der Waals surface area contributed by atoms with Gasteiger partial charge in [-0.05, 0) is 65.6 Å². The third-order valence-electron chi connectivity index (χ3n) is 4.72. The zero-order valence-corrected chi connectivity index (χ0v) is 17.5. The SMILES string of the molecule is Cc1cccnc1[C@@H](Cc1ccsc1)NS(=O)(=O)c1ccc2[nH]c(=O)[nH]c(=O)c2c1. The number of H-pyrrole nitrogens is 2. The molecule has 0 saturated heterocycles. The summed E-state index contributed by atoms with van der Waals surface area (Å²) in [6.45, 7) is 1.88. The first-order valence-corrected chi connectivity index (χ1v) is 11.5. The molecule has 3 N–H and O–H groups in total. The molecule has 0 fully saturated rings. The van der Waals surface area contributed by atoms with Gasteiger partial charge in [-0.25, -0.2) is 17.9 Å². The Labute approximate surface area is 175 Å². The van der Waals surface area contributed by atoms with Gasteiger partial charge in [0.05, 0.1) is 27.5 Å². The van der Waals surface area contributed by atoms with Crippen molar-refractivity contribution >= 4 is 32.3 Å². The number of hydrogen-bond donors (Lipinski definition) is 3. The van der Waals surface area contributed by atoms with E-state index in [1.165, 1.54) is 29.5 Å². The van der Waals surface area contributed by atoms with Crippen molar-refractivity contribution in [2.24, 2.45) is 0 Å². The number of hydrogen-bond acceptors (Lipinski definition) is 6. The van der Waals surface area contributed by atoms with Gasteiger partial charge < -0.3 is 4.98 Å². The number of rotatable bonds is 6. The molecule has 4 aromatic rings. The predicted molar refractivity (Wildman–Crippen MR) is 115 cm³/mol. The smallest absolute Gasteiger partial charge is 0.307 e. The van der Waals surface area contributed by atoms with E-state index >= 15 is 0 Å². The van der Waals surface area contributed by atoms with Gasteiger partial charge in [-0.1, -0.05) is 6.07 Å². The van der Waals surface area contributed by atoms with Crippen LogP contribution >= 0.6 is 11.3 Å². The largest absolute Gasteiger partial charge is 0.326 e. The van der Waals surface area contributed by atoms with Crippen LogP contribution in [0.15, 0.2) is 67.8 Å². The Morgan fingerprint density at radius 1 is 1.17 bits per heavy atom. The molecular formula is C20H18N4O4S2. The number of aromatic amines is 2. The van der Waals surface area contributed by atoms with Crippen molar-refractivity contribution < 1.29 is 8.42 Å². The van der Waals surface area contributed by atoms with E-state index < -0.39 is 27.3 Å². The van der Waals surface area contributed by atoms with Crippen LogP contribution in [0.25, 0.3) is 10.9 Å². The van der Waals surface area contributed by atoms with E-state index in [1.807, 2.05) is 29.8 Å². The summed E-state index contributed by atoms with van der Waals surface area (Å²) in [4.78, 5) is 32.4. The van der Waals surface area contributed by atoms with E-state index in [4.69, 9.17) is 0 Å². The number of nitrogens with zero attached hydrogens (tertiary/aromatic N) is 1. The number of aryl methyl sites for hydroxylation is 1. The lowest BCUT2D eigenvalue weighted by Crippen LogP contribution is -2.31. The summed E-state index contributed by atoms with van der Waals surface area (Å²) in [6, 6.07) is 9.03. The highest BCUT2D eigenvalue weighted by molar-refractivity contribution is 7.89. The van der Waals surface area contributed by atoms with Crippen LogP contribution in [-0.4, -0.2) is 23.4 Å². The minimum Gasteiger partial charge on any atom is -0.307 e. The maximum atomic E-state index is 13.2. The Bertz CT molecular complexity index is 1420. The first-order valence-electron chi connectivity index (χ1n) is 9.05. The fourth-order valence-corrected chi connectivity index (χ4v) is 5.18. The van der Waals surface area contributed by atoms with E-state index in [0.717, 1.165) is 11.1 Å². The summed E-state index contributed by atoms with van der Waals surface area (Å²) >= 11 is 1.53. The topological polar surface area (TPSA) is 125 Å². The highest BCUT2D eigenvalue weighted by Crippen LogP contribution is 2.24. The maximum Gasteiger partial charge on any atom is 0.326 e. The number of pyridine rings is 1. The third-order valence-corrected chi connectivity index (χ3v) is 6.92. The molecule has 0 aliphatic carbocycles. The molecule has 10 heteroatoms. The van der Waals surface area contributed by atoms with Gasteiger partial charge in [-0.15, -0.1) is 0 Å². The van der Waals surface area contributed by atoms with Gasteiger partial charge in [0.15, 0.2) is 0 Å². The lowest BCUT2D eigenvalue weighted by molar-refractivity contribution is 0.549. The number of aromatic nitrogens is 3. The monoisotopic (exact) mass is 442 g/mol. The van der Waals surface area contributed by atoms with Crippen LogP contribution in [0.1, 0.15) is 22.9 Å². The third kappa shape index (κ3) is 4.11. The normalized spacial score (nSPS) is 12.8. The lowest BCUT2D eigenvalue weighted by Gasteiger charge is -2.20. The quantitative estimate of drug-likeness (QED) is 0.422. The highest BCUT2D eigenvalue weighted by Gasteiger charge is 2.24. The van der Waals surface area contributed by atoms with Crippen molar-refractivity contribution in [1.29, 1.82) is 0 Å². The summed E-state index contributed by atoms with van der Waals surface area (Å²) in [6.07, 6.45) is 2.06. The molecule has 30 heavy (non-hydrogen) atoms. The molecule has 3 aromatic heterocycles. The molecule has 0 spiro atoms. The first kappa shape index (κ1) is 20.2. The van der Waals surface area contributed by atoms with Crippen LogP contribution in [0.2, 0.25) is 0 Å². The Balaban J connectivity index is 1.75. The van der Waals surface area contributed by atoms with E-state index in [2.05, 4.69) is 19.7 Å². The van der Waals surface area contributed by atoms with Crippen molar-refractivity contribution in [2.45, 2.75) is 24.3 Å². The van der Waals surface area contributed by atoms with Crippen LogP contribution in [0.5, 0.6) is 0 Å². The van der Waals surface area contributed by atoms with Crippen LogP contribution < -0.4 is 16.0 Å².